The van der Waals surface area contributed by atoms with Crippen molar-refractivity contribution in [3.8, 4) is 16.9 Å². The SMILES string of the molecule is Cc1cc(C)c(-c2csc(NC(=O)CSc3nnnn3-c3ccccc3C)n2)c(C)c1. The van der Waals surface area contributed by atoms with E-state index < -0.39 is 0 Å². The van der Waals surface area contributed by atoms with E-state index >= 15 is 0 Å². The van der Waals surface area contributed by atoms with Crippen molar-refractivity contribution in [3.63, 3.8) is 0 Å². The van der Waals surface area contributed by atoms with Gasteiger partial charge in [0.05, 0.1) is 17.1 Å². The number of amides is 1. The third-order valence-corrected chi connectivity index (χ3v) is 6.48. The first-order chi connectivity index (χ1) is 14.9. The summed E-state index contributed by atoms with van der Waals surface area (Å²) in [7, 11) is 0. The van der Waals surface area contributed by atoms with E-state index in [2.05, 4.69) is 58.7 Å². The van der Waals surface area contributed by atoms with Crippen LogP contribution in [-0.4, -0.2) is 36.9 Å². The van der Waals surface area contributed by atoms with Crippen LogP contribution in [0.2, 0.25) is 0 Å². The third kappa shape index (κ3) is 4.67. The second kappa shape index (κ2) is 8.99. The summed E-state index contributed by atoms with van der Waals surface area (Å²) < 4.78 is 1.65. The Hall–Kier alpha value is -3.04. The zero-order valence-electron chi connectivity index (χ0n) is 17.7. The number of rotatable bonds is 6. The lowest BCUT2D eigenvalue weighted by molar-refractivity contribution is -0.113. The molecule has 4 rings (SSSR count). The number of tetrazole rings is 1. The topological polar surface area (TPSA) is 85.6 Å². The Bertz CT molecular complexity index is 1220. The molecule has 0 radical (unpaired) electrons. The average Bonchev–Trinajstić information content (AvgIpc) is 3.36. The van der Waals surface area contributed by atoms with Gasteiger partial charge in [0.1, 0.15) is 0 Å². The Morgan fingerprint density at radius 3 is 2.58 bits per heavy atom. The summed E-state index contributed by atoms with van der Waals surface area (Å²) in [6, 6.07) is 12.1. The number of hydrogen-bond donors (Lipinski definition) is 1. The van der Waals surface area contributed by atoms with E-state index in [-0.39, 0.29) is 11.7 Å². The molecule has 0 saturated carbocycles. The number of carbonyl (C=O) groups excluding carboxylic acids is 1. The van der Waals surface area contributed by atoms with E-state index in [4.69, 9.17) is 0 Å². The summed E-state index contributed by atoms with van der Waals surface area (Å²) in [6.07, 6.45) is 0. The standard InChI is InChI=1S/C22H22N6OS2/c1-13-9-15(3)20(16(4)10-13)17-11-30-21(23-17)24-19(29)12-31-22-25-26-27-28(22)18-8-6-5-7-14(18)2/h5-11H,12H2,1-4H3,(H,23,24,29). The molecule has 0 bridgehead atoms. The van der Waals surface area contributed by atoms with Crippen molar-refractivity contribution in [1.82, 2.24) is 25.2 Å². The Kier molecular flexibility index (Phi) is 6.15. The van der Waals surface area contributed by atoms with Crippen molar-refractivity contribution in [2.45, 2.75) is 32.9 Å². The molecule has 2 heterocycles. The van der Waals surface area contributed by atoms with Crippen LogP contribution in [0.5, 0.6) is 0 Å². The molecular weight excluding hydrogens is 428 g/mol. The van der Waals surface area contributed by atoms with Crippen LogP contribution >= 0.6 is 23.1 Å². The highest BCUT2D eigenvalue weighted by molar-refractivity contribution is 7.99. The smallest absolute Gasteiger partial charge is 0.236 e. The van der Waals surface area contributed by atoms with Gasteiger partial charge in [0, 0.05) is 10.9 Å². The number of thioether (sulfide) groups is 1. The largest absolute Gasteiger partial charge is 0.301 e. The Morgan fingerprint density at radius 2 is 1.84 bits per heavy atom. The summed E-state index contributed by atoms with van der Waals surface area (Å²) in [5, 5.41) is 17.9. The summed E-state index contributed by atoms with van der Waals surface area (Å²) >= 11 is 2.71. The summed E-state index contributed by atoms with van der Waals surface area (Å²) in [4.78, 5) is 17.1. The van der Waals surface area contributed by atoms with Gasteiger partial charge in [-0.2, -0.15) is 4.68 Å². The number of carbonyl (C=O) groups is 1. The number of aromatic nitrogens is 5. The molecule has 1 amide bonds. The van der Waals surface area contributed by atoms with Crippen LogP contribution in [0.1, 0.15) is 22.3 Å². The van der Waals surface area contributed by atoms with Gasteiger partial charge >= 0.3 is 0 Å². The van der Waals surface area contributed by atoms with E-state index in [1.165, 1.54) is 39.8 Å². The lowest BCUT2D eigenvalue weighted by atomic mass is 9.98. The lowest BCUT2D eigenvalue weighted by Crippen LogP contribution is -2.14. The number of para-hydroxylation sites is 1. The molecule has 0 aliphatic heterocycles. The van der Waals surface area contributed by atoms with Crippen LogP contribution in [0.15, 0.2) is 46.9 Å². The minimum absolute atomic E-state index is 0.150. The van der Waals surface area contributed by atoms with Gasteiger partial charge in [-0.25, -0.2) is 4.98 Å². The van der Waals surface area contributed by atoms with Gasteiger partial charge in [-0.15, -0.1) is 16.4 Å². The van der Waals surface area contributed by atoms with Crippen LogP contribution in [0.3, 0.4) is 0 Å². The quantitative estimate of drug-likeness (QED) is 0.427. The first kappa shape index (κ1) is 21.2. The molecule has 0 aliphatic rings. The van der Waals surface area contributed by atoms with Gasteiger partial charge in [-0.3, -0.25) is 4.79 Å². The second-order valence-electron chi connectivity index (χ2n) is 7.31. The van der Waals surface area contributed by atoms with Crippen molar-refractivity contribution in [2.24, 2.45) is 0 Å². The van der Waals surface area contributed by atoms with Crippen molar-refractivity contribution < 1.29 is 4.79 Å². The van der Waals surface area contributed by atoms with Gasteiger partial charge in [0.2, 0.25) is 11.1 Å². The minimum atomic E-state index is -0.150. The van der Waals surface area contributed by atoms with Crippen LogP contribution < -0.4 is 5.32 Å². The second-order valence-corrected chi connectivity index (χ2v) is 9.11. The molecule has 0 aliphatic carbocycles. The summed E-state index contributed by atoms with van der Waals surface area (Å²) in [5.41, 5.74) is 7.54. The molecule has 31 heavy (non-hydrogen) atoms. The molecule has 4 aromatic rings. The molecule has 0 spiro atoms. The molecule has 0 fully saturated rings. The predicted molar refractivity (Wildman–Crippen MR) is 125 cm³/mol. The monoisotopic (exact) mass is 450 g/mol. The number of benzene rings is 2. The molecule has 2 aromatic heterocycles. The van der Waals surface area contributed by atoms with Crippen molar-refractivity contribution in [3.05, 3.63) is 64.0 Å². The molecule has 0 unspecified atom stereocenters. The molecule has 7 nitrogen and oxygen atoms in total. The molecule has 1 N–H and O–H groups in total. The number of nitrogens with zero attached hydrogens (tertiary/aromatic N) is 5. The van der Waals surface area contributed by atoms with Crippen LogP contribution in [0.25, 0.3) is 16.9 Å². The predicted octanol–water partition coefficient (Wildman–Crippen LogP) is 4.75. The Balaban J connectivity index is 1.43. The van der Waals surface area contributed by atoms with E-state index in [1.54, 1.807) is 4.68 Å². The van der Waals surface area contributed by atoms with Crippen molar-refractivity contribution >= 4 is 34.1 Å². The average molecular weight is 451 g/mol. The maximum Gasteiger partial charge on any atom is 0.236 e. The van der Waals surface area contributed by atoms with Gasteiger partial charge < -0.3 is 5.32 Å². The fourth-order valence-electron chi connectivity index (χ4n) is 3.54. The van der Waals surface area contributed by atoms with E-state index in [0.29, 0.717) is 10.3 Å². The third-order valence-electron chi connectivity index (χ3n) is 4.80. The highest BCUT2D eigenvalue weighted by Gasteiger charge is 2.15. The number of anilines is 1. The summed E-state index contributed by atoms with van der Waals surface area (Å²) in [6.45, 7) is 8.25. The highest BCUT2D eigenvalue weighted by atomic mass is 32.2. The summed E-state index contributed by atoms with van der Waals surface area (Å²) in [5.74, 6) is 0.0339. The van der Waals surface area contributed by atoms with E-state index in [9.17, 15) is 4.79 Å². The zero-order valence-corrected chi connectivity index (χ0v) is 19.3. The Labute approximate surface area is 188 Å². The van der Waals surface area contributed by atoms with E-state index in [1.807, 2.05) is 36.6 Å². The number of hydrogen-bond acceptors (Lipinski definition) is 7. The fourth-order valence-corrected chi connectivity index (χ4v) is 4.94. The van der Waals surface area contributed by atoms with Crippen LogP contribution in [0, 0.1) is 27.7 Å². The van der Waals surface area contributed by atoms with Crippen LogP contribution in [-0.2, 0) is 4.79 Å². The van der Waals surface area contributed by atoms with Gasteiger partial charge in [0.15, 0.2) is 5.13 Å². The molecule has 9 heteroatoms. The van der Waals surface area contributed by atoms with Crippen molar-refractivity contribution in [1.29, 1.82) is 0 Å². The van der Waals surface area contributed by atoms with Gasteiger partial charge in [-0.1, -0.05) is 47.7 Å². The zero-order chi connectivity index (χ0) is 22.0. The first-order valence-corrected chi connectivity index (χ1v) is 11.6. The maximum atomic E-state index is 12.5. The maximum absolute atomic E-state index is 12.5. The van der Waals surface area contributed by atoms with E-state index in [0.717, 1.165) is 22.5 Å². The molecule has 0 atom stereocenters. The number of aryl methyl sites for hydroxylation is 4. The molecule has 2 aromatic carbocycles. The Morgan fingerprint density at radius 1 is 1.10 bits per heavy atom. The molecular formula is C22H22N6OS2. The normalized spacial score (nSPS) is 11.0. The van der Waals surface area contributed by atoms with Gasteiger partial charge in [0.25, 0.3) is 0 Å². The number of thiazole rings is 1. The lowest BCUT2D eigenvalue weighted by Gasteiger charge is -2.08. The minimum Gasteiger partial charge on any atom is -0.301 e. The molecule has 0 saturated heterocycles. The fraction of sp³-hybridized carbons (Fsp3) is 0.227. The molecule has 158 valence electrons. The van der Waals surface area contributed by atoms with Crippen LogP contribution in [0.4, 0.5) is 5.13 Å². The van der Waals surface area contributed by atoms with Crippen molar-refractivity contribution in [2.75, 3.05) is 11.1 Å². The van der Waals surface area contributed by atoms with Gasteiger partial charge in [-0.05, 0) is 60.9 Å². The number of nitrogens with one attached hydrogen (secondary N) is 1. The highest BCUT2D eigenvalue weighted by Crippen LogP contribution is 2.31. The first-order valence-electron chi connectivity index (χ1n) is 9.73.